The number of ether oxygens (including phenoxy) is 2. The second kappa shape index (κ2) is 9.26. The van der Waals surface area contributed by atoms with E-state index in [1.54, 1.807) is 19.9 Å². The fourth-order valence-corrected chi connectivity index (χ4v) is 2.39. The van der Waals surface area contributed by atoms with E-state index >= 15 is 0 Å². The average molecular weight is 390 g/mol. The van der Waals surface area contributed by atoms with Gasteiger partial charge in [-0.25, -0.2) is 4.79 Å². The lowest BCUT2D eigenvalue weighted by atomic mass is 10.1. The number of allylic oxidation sites excluding steroid dienone is 2. The van der Waals surface area contributed by atoms with Gasteiger partial charge in [-0.2, -0.15) is 13.2 Å². The van der Waals surface area contributed by atoms with Gasteiger partial charge in [0.1, 0.15) is 11.9 Å². The van der Waals surface area contributed by atoms with Crippen molar-refractivity contribution in [3.8, 4) is 0 Å². The number of hydrogen-bond donors (Lipinski definition) is 0. The van der Waals surface area contributed by atoms with Gasteiger partial charge in [0.05, 0.1) is 17.4 Å². The maximum Gasteiger partial charge on any atom is 0.416 e. The molecular formula is C22H21F3O3. The summed E-state index contributed by atoms with van der Waals surface area (Å²) in [5.41, 5.74) is 0.772. The summed E-state index contributed by atoms with van der Waals surface area (Å²) in [6, 6.07) is 13.5. The third-order valence-corrected chi connectivity index (χ3v) is 4.02. The Bertz CT molecular complexity index is 851. The third-order valence-electron chi connectivity index (χ3n) is 4.02. The van der Waals surface area contributed by atoms with Gasteiger partial charge >= 0.3 is 12.1 Å². The van der Waals surface area contributed by atoms with Crippen molar-refractivity contribution >= 4 is 5.97 Å². The van der Waals surface area contributed by atoms with Crippen LogP contribution in [0.5, 0.6) is 0 Å². The van der Waals surface area contributed by atoms with Crippen LogP contribution in [0.2, 0.25) is 0 Å². The van der Waals surface area contributed by atoms with E-state index in [9.17, 15) is 18.0 Å². The molecule has 0 aliphatic heterocycles. The van der Waals surface area contributed by atoms with Crippen LogP contribution in [0.4, 0.5) is 13.2 Å². The molecule has 0 aromatic heterocycles. The van der Waals surface area contributed by atoms with Crippen molar-refractivity contribution in [2.24, 2.45) is 0 Å². The molecule has 0 heterocycles. The van der Waals surface area contributed by atoms with E-state index in [0.29, 0.717) is 5.57 Å². The highest BCUT2D eigenvalue weighted by Crippen LogP contribution is 2.29. The lowest BCUT2D eigenvalue weighted by Gasteiger charge is -2.14. The van der Waals surface area contributed by atoms with Gasteiger partial charge in [0.25, 0.3) is 0 Å². The molecule has 0 aliphatic rings. The first-order valence-electron chi connectivity index (χ1n) is 8.65. The number of carbonyl (C=O) groups is 1. The van der Waals surface area contributed by atoms with Crippen LogP contribution in [-0.4, -0.2) is 5.97 Å². The highest BCUT2D eigenvalue weighted by atomic mass is 19.4. The van der Waals surface area contributed by atoms with E-state index in [-0.39, 0.29) is 17.4 Å². The van der Waals surface area contributed by atoms with Crippen molar-refractivity contribution in [1.29, 1.82) is 0 Å². The molecule has 0 aliphatic carbocycles. The average Bonchev–Trinajstić information content (AvgIpc) is 2.69. The quantitative estimate of drug-likeness (QED) is 0.323. The van der Waals surface area contributed by atoms with Gasteiger partial charge in [-0.15, -0.1) is 0 Å². The molecule has 28 heavy (non-hydrogen) atoms. The first kappa shape index (κ1) is 21.3. The predicted octanol–water partition coefficient (Wildman–Crippen LogP) is 6.45. The van der Waals surface area contributed by atoms with E-state index in [4.69, 9.17) is 9.47 Å². The second-order valence-corrected chi connectivity index (χ2v) is 6.11. The van der Waals surface area contributed by atoms with Gasteiger partial charge in [0.2, 0.25) is 0 Å². The number of alkyl halides is 3. The number of benzene rings is 2. The largest absolute Gasteiger partial charge is 0.493 e. The minimum Gasteiger partial charge on any atom is -0.493 e. The summed E-state index contributed by atoms with van der Waals surface area (Å²) in [6.07, 6.45) is -1.57. The Kier molecular flexibility index (Phi) is 7.04. The van der Waals surface area contributed by atoms with Crippen molar-refractivity contribution in [1.82, 2.24) is 0 Å². The van der Waals surface area contributed by atoms with Crippen LogP contribution in [0.25, 0.3) is 0 Å². The van der Waals surface area contributed by atoms with Crippen LogP contribution in [0.15, 0.2) is 78.3 Å². The predicted molar refractivity (Wildman–Crippen MR) is 100 cm³/mol. The smallest absolute Gasteiger partial charge is 0.416 e. The topological polar surface area (TPSA) is 35.5 Å². The van der Waals surface area contributed by atoms with Crippen LogP contribution in [0.1, 0.15) is 48.4 Å². The Labute approximate surface area is 162 Å². The highest BCUT2D eigenvalue weighted by molar-refractivity contribution is 5.90. The van der Waals surface area contributed by atoms with Crippen molar-refractivity contribution in [2.75, 3.05) is 0 Å². The Balaban J connectivity index is 2.03. The minimum atomic E-state index is -4.46. The van der Waals surface area contributed by atoms with E-state index < -0.39 is 17.7 Å². The molecule has 0 radical (unpaired) electrons. The van der Waals surface area contributed by atoms with Gasteiger partial charge in [0, 0.05) is 5.57 Å². The second-order valence-electron chi connectivity index (χ2n) is 6.11. The molecule has 2 rings (SSSR count). The Morgan fingerprint density at radius 3 is 2.18 bits per heavy atom. The zero-order chi connectivity index (χ0) is 20.7. The van der Waals surface area contributed by atoms with E-state index in [0.717, 1.165) is 29.8 Å². The van der Waals surface area contributed by atoms with E-state index in [2.05, 4.69) is 0 Å². The number of halogens is 3. The summed E-state index contributed by atoms with van der Waals surface area (Å²) >= 11 is 0. The molecule has 0 amide bonds. The normalized spacial score (nSPS) is 13.8. The molecule has 2 aromatic rings. The molecule has 0 spiro atoms. The molecule has 0 N–H and O–H groups in total. The van der Waals surface area contributed by atoms with Gasteiger partial charge < -0.3 is 9.47 Å². The van der Waals surface area contributed by atoms with E-state index in [1.807, 2.05) is 37.3 Å². The van der Waals surface area contributed by atoms with Crippen molar-refractivity contribution in [3.05, 3.63) is 95.0 Å². The molecule has 0 saturated heterocycles. The summed E-state index contributed by atoms with van der Waals surface area (Å²) in [6.45, 7) is 5.29. The standard InChI is InChI=1S/C22H21F3O3/c1-4-20(15(2)14-27-16(3)17-8-6-5-7-9-17)28-21(26)18-10-12-19(13-11-18)22(23,24)25/h4-14,16H,1-3H3/b15-14+,20-4-/t16-/m0/s1. The van der Waals surface area contributed by atoms with Gasteiger partial charge in [-0.3, -0.25) is 0 Å². The molecule has 0 fully saturated rings. The van der Waals surface area contributed by atoms with Crippen LogP contribution < -0.4 is 0 Å². The first-order valence-corrected chi connectivity index (χ1v) is 8.65. The minimum absolute atomic E-state index is 0.0266. The molecule has 0 bridgehead atoms. The molecule has 6 heteroatoms. The summed E-state index contributed by atoms with van der Waals surface area (Å²) in [5.74, 6) is -0.476. The van der Waals surface area contributed by atoms with Crippen LogP contribution >= 0.6 is 0 Å². The third kappa shape index (κ3) is 5.74. The molecule has 0 saturated carbocycles. The van der Waals surface area contributed by atoms with Crippen molar-refractivity contribution in [3.63, 3.8) is 0 Å². The number of rotatable bonds is 6. The molecule has 1 atom stereocenters. The Hall–Kier alpha value is -3.02. The number of hydrogen-bond acceptors (Lipinski definition) is 3. The lowest BCUT2D eigenvalue weighted by molar-refractivity contribution is -0.137. The molecule has 2 aromatic carbocycles. The fourth-order valence-electron chi connectivity index (χ4n) is 2.39. The van der Waals surface area contributed by atoms with Gasteiger partial charge in [-0.05, 0) is 56.7 Å². The summed E-state index contributed by atoms with van der Waals surface area (Å²) in [7, 11) is 0. The van der Waals surface area contributed by atoms with Crippen molar-refractivity contribution in [2.45, 2.75) is 33.1 Å². The first-order chi connectivity index (χ1) is 13.2. The lowest BCUT2D eigenvalue weighted by Crippen LogP contribution is -2.08. The monoisotopic (exact) mass is 390 g/mol. The summed E-state index contributed by atoms with van der Waals surface area (Å²) < 4.78 is 48.8. The SMILES string of the molecule is C/C=C(OC(=O)c1ccc(C(F)(F)F)cc1)/C(C)=C/O[C@@H](C)c1ccccc1. The molecular weight excluding hydrogens is 369 g/mol. The van der Waals surface area contributed by atoms with Crippen LogP contribution in [-0.2, 0) is 15.7 Å². The van der Waals surface area contributed by atoms with E-state index in [1.165, 1.54) is 6.26 Å². The highest BCUT2D eigenvalue weighted by Gasteiger charge is 2.30. The zero-order valence-electron chi connectivity index (χ0n) is 15.8. The number of esters is 1. The van der Waals surface area contributed by atoms with Crippen LogP contribution in [0.3, 0.4) is 0 Å². The number of carbonyl (C=O) groups excluding carboxylic acids is 1. The zero-order valence-corrected chi connectivity index (χ0v) is 15.8. The Morgan fingerprint density at radius 2 is 1.64 bits per heavy atom. The van der Waals surface area contributed by atoms with Crippen LogP contribution in [0, 0.1) is 0 Å². The maximum atomic E-state index is 12.6. The summed E-state index contributed by atoms with van der Waals surface area (Å²) in [5, 5.41) is 0. The summed E-state index contributed by atoms with van der Waals surface area (Å²) in [4.78, 5) is 12.2. The molecule has 148 valence electrons. The maximum absolute atomic E-state index is 12.6. The van der Waals surface area contributed by atoms with Gasteiger partial charge in [0.15, 0.2) is 0 Å². The van der Waals surface area contributed by atoms with Gasteiger partial charge in [-0.1, -0.05) is 30.3 Å². The fraction of sp³-hybridized carbons (Fsp3) is 0.227. The molecule has 3 nitrogen and oxygen atoms in total. The van der Waals surface area contributed by atoms with Crippen molar-refractivity contribution < 1.29 is 27.4 Å². The Morgan fingerprint density at radius 1 is 1.04 bits per heavy atom. The molecule has 0 unspecified atom stereocenters.